The van der Waals surface area contributed by atoms with E-state index in [0.717, 1.165) is 41.0 Å². The lowest BCUT2D eigenvalue weighted by atomic mass is 9.88. The topological polar surface area (TPSA) is 55.1 Å². The van der Waals surface area contributed by atoms with Gasteiger partial charge in [0.2, 0.25) is 5.91 Å². The van der Waals surface area contributed by atoms with Gasteiger partial charge in [-0.05, 0) is 49.9 Å². The molecule has 0 spiro atoms. The Morgan fingerprint density at radius 1 is 1.07 bits per heavy atom. The van der Waals surface area contributed by atoms with Crippen LogP contribution in [-0.4, -0.2) is 17.6 Å². The lowest BCUT2D eigenvalue weighted by Crippen LogP contribution is -2.26. The summed E-state index contributed by atoms with van der Waals surface area (Å²) in [4.78, 5) is 12.5. The molecule has 1 N–H and O–H groups in total. The van der Waals surface area contributed by atoms with Crippen LogP contribution in [0.4, 0.5) is 4.39 Å². The Labute approximate surface area is 164 Å². The van der Waals surface area contributed by atoms with Crippen LogP contribution in [0.5, 0.6) is 0 Å². The van der Waals surface area contributed by atoms with E-state index < -0.39 is 0 Å². The fourth-order valence-electron chi connectivity index (χ4n) is 3.42. The van der Waals surface area contributed by atoms with Gasteiger partial charge in [0, 0.05) is 24.4 Å². The number of aryl methyl sites for hydroxylation is 2. The molecule has 1 amide bonds. The van der Waals surface area contributed by atoms with Crippen molar-refractivity contribution in [1.82, 2.24) is 10.5 Å². The van der Waals surface area contributed by atoms with E-state index in [9.17, 15) is 9.18 Å². The van der Waals surface area contributed by atoms with E-state index in [4.69, 9.17) is 4.52 Å². The van der Waals surface area contributed by atoms with Gasteiger partial charge in [-0.25, -0.2) is 4.39 Å². The van der Waals surface area contributed by atoms with Gasteiger partial charge in [-0.3, -0.25) is 4.79 Å². The molecule has 2 aromatic carbocycles. The number of benzene rings is 2. The monoisotopic (exact) mass is 380 g/mol. The average molecular weight is 380 g/mol. The number of hydrogen-bond donors (Lipinski definition) is 1. The molecule has 28 heavy (non-hydrogen) atoms. The number of rotatable bonds is 8. The first-order valence-electron chi connectivity index (χ1n) is 9.53. The minimum atomic E-state index is -0.278. The van der Waals surface area contributed by atoms with E-state index in [-0.39, 0.29) is 17.6 Å². The highest BCUT2D eigenvalue weighted by molar-refractivity contribution is 5.77. The predicted molar refractivity (Wildman–Crippen MR) is 107 cm³/mol. The fourth-order valence-corrected chi connectivity index (χ4v) is 3.42. The summed E-state index contributed by atoms with van der Waals surface area (Å²) in [7, 11) is 0. The summed E-state index contributed by atoms with van der Waals surface area (Å²) in [6.45, 7) is 4.42. The average Bonchev–Trinajstić information content (AvgIpc) is 3.03. The molecular weight excluding hydrogens is 355 g/mol. The van der Waals surface area contributed by atoms with Crippen LogP contribution in [0, 0.1) is 19.7 Å². The van der Waals surface area contributed by atoms with Crippen molar-refractivity contribution in [1.29, 1.82) is 0 Å². The Hall–Kier alpha value is -2.95. The van der Waals surface area contributed by atoms with Gasteiger partial charge in [0.25, 0.3) is 0 Å². The van der Waals surface area contributed by atoms with Gasteiger partial charge >= 0.3 is 0 Å². The number of carbonyl (C=O) groups is 1. The van der Waals surface area contributed by atoms with Crippen molar-refractivity contribution in [3.63, 3.8) is 0 Å². The van der Waals surface area contributed by atoms with Crippen LogP contribution >= 0.6 is 0 Å². The molecule has 0 unspecified atom stereocenters. The molecule has 0 bridgehead atoms. The largest absolute Gasteiger partial charge is 0.361 e. The predicted octanol–water partition coefficient (Wildman–Crippen LogP) is 4.70. The first kappa shape index (κ1) is 19.8. The first-order valence-corrected chi connectivity index (χ1v) is 9.53. The third-order valence-electron chi connectivity index (χ3n) is 4.97. The summed E-state index contributed by atoms with van der Waals surface area (Å²) in [5.41, 5.74) is 3.99. The van der Waals surface area contributed by atoms with Crippen LogP contribution < -0.4 is 5.32 Å². The molecule has 0 radical (unpaired) electrons. The summed E-state index contributed by atoms with van der Waals surface area (Å²) >= 11 is 0. The van der Waals surface area contributed by atoms with Crippen molar-refractivity contribution in [2.45, 2.75) is 39.0 Å². The zero-order valence-corrected chi connectivity index (χ0v) is 16.2. The second kappa shape index (κ2) is 9.31. The van der Waals surface area contributed by atoms with Crippen LogP contribution in [0.1, 0.15) is 46.9 Å². The summed E-state index contributed by atoms with van der Waals surface area (Å²) in [6.07, 6.45) is 1.96. The van der Waals surface area contributed by atoms with Crippen LogP contribution in [0.2, 0.25) is 0 Å². The summed E-state index contributed by atoms with van der Waals surface area (Å²) < 4.78 is 18.5. The normalized spacial score (nSPS) is 12.0. The van der Waals surface area contributed by atoms with Crippen molar-refractivity contribution in [3.8, 4) is 0 Å². The van der Waals surface area contributed by atoms with E-state index in [1.54, 1.807) is 12.1 Å². The highest BCUT2D eigenvalue weighted by Gasteiger charge is 2.18. The lowest BCUT2D eigenvalue weighted by Gasteiger charge is -2.18. The Morgan fingerprint density at radius 2 is 1.75 bits per heavy atom. The molecule has 0 aliphatic rings. The summed E-state index contributed by atoms with van der Waals surface area (Å²) in [5, 5.41) is 6.96. The first-order chi connectivity index (χ1) is 13.5. The zero-order valence-electron chi connectivity index (χ0n) is 16.2. The number of amides is 1. The quantitative estimate of drug-likeness (QED) is 0.576. The third-order valence-corrected chi connectivity index (χ3v) is 4.97. The van der Waals surface area contributed by atoms with Gasteiger partial charge in [0.1, 0.15) is 11.6 Å². The van der Waals surface area contributed by atoms with Crippen molar-refractivity contribution in [2.24, 2.45) is 0 Å². The van der Waals surface area contributed by atoms with E-state index in [1.165, 1.54) is 12.1 Å². The van der Waals surface area contributed by atoms with Gasteiger partial charge in [-0.2, -0.15) is 0 Å². The van der Waals surface area contributed by atoms with E-state index in [0.29, 0.717) is 13.0 Å². The molecule has 0 saturated carbocycles. The molecule has 146 valence electrons. The maximum atomic E-state index is 13.3. The van der Waals surface area contributed by atoms with Crippen LogP contribution in [0.3, 0.4) is 0 Å². The van der Waals surface area contributed by atoms with Gasteiger partial charge in [-0.15, -0.1) is 0 Å². The fraction of sp³-hybridized carbons (Fsp3) is 0.304. The zero-order chi connectivity index (χ0) is 19.9. The van der Waals surface area contributed by atoms with Gasteiger partial charge < -0.3 is 9.84 Å². The Bertz CT molecular complexity index is 885. The van der Waals surface area contributed by atoms with Gasteiger partial charge in [-0.1, -0.05) is 47.6 Å². The van der Waals surface area contributed by atoms with Crippen LogP contribution in [0.25, 0.3) is 0 Å². The molecule has 0 aliphatic heterocycles. The highest BCUT2D eigenvalue weighted by atomic mass is 19.1. The number of halogens is 1. The molecule has 1 aromatic heterocycles. The number of carbonyl (C=O) groups excluding carboxylic acids is 1. The molecule has 0 saturated heterocycles. The molecule has 0 fully saturated rings. The van der Waals surface area contributed by atoms with E-state index >= 15 is 0 Å². The molecule has 0 aliphatic carbocycles. The summed E-state index contributed by atoms with van der Waals surface area (Å²) in [5.74, 6) is 0.435. The standard InChI is InChI=1S/C23H25FN2O2/c1-16-21(17(2)28-26-16)9-6-14-25-23(27)15-22(18-7-4-3-5-8-18)19-10-12-20(24)13-11-19/h3-5,7-8,10-13,22H,6,9,14-15H2,1-2H3,(H,25,27)/t22-/m0/s1. The SMILES string of the molecule is Cc1noc(C)c1CCCNC(=O)C[C@@H](c1ccccc1)c1ccc(F)cc1. The van der Waals surface area contributed by atoms with Crippen molar-refractivity contribution in [2.75, 3.05) is 6.54 Å². The van der Waals surface area contributed by atoms with E-state index in [1.807, 2.05) is 44.2 Å². The molecular formula is C23H25FN2O2. The Morgan fingerprint density at radius 3 is 2.39 bits per heavy atom. The maximum absolute atomic E-state index is 13.3. The van der Waals surface area contributed by atoms with Crippen molar-refractivity contribution >= 4 is 5.91 Å². The number of aromatic nitrogens is 1. The van der Waals surface area contributed by atoms with Crippen LogP contribution in [-0.2, 0) is 11.2 Å². The second-order valence-electron chi connectivity index (χ2n) is 6.98. The van der Waals surface area contributed by atoms with Gasteiger partial charge in [0.05, 0.1) is 5.69 Å². The minimum Gasteiger partial charge on any atom is -0.361 e. The maximum Gasteiger partial charge on any atom is 0.220 e. The van der Waals surface area contributed by atoms with Crippen LogP contribution in [0.15, 0.2) is 59.1 Å². The van der Waals surface area contributed by atoms with E-state index in [2.05, 4.69) is 10.5 Å². The number of nitrogens with one attached hydrogen (secondary N) is 1. The van der Waals surface area contributed by atoms with Crippen molar-refractivity contribution < 1.29 is 13.7 Å². The molecule has 4 nitrogen and oxygen atoms in total. The Kier molecular flexibility index (Phi) is 6.58. The smallest absolute Gasteiger partial charge is 0.220 e. The molecule has 3 aromatic rings. The minimum absolute atomic E-state index is 0.0167. The number of hydrogen-bond acceptors (Lipinski definition) is 3. The Balaban J connectivity index is 1.59. The molecule has 3 rings (SSSR count). The second-order valence-corrected chi connectivity index (χ2v) is 6.98. The number of nitrogens with zero attached hydrogens (tertiary/aromatic N) is 1. The highest BCUT2D eigenvalue weighted by Crippen LogP contribution is 2.28. The summed E-state index contributed by atoms with van der Waals surface area (Å²) in [6, 6.07) is 16.2. The lowest BCUT2D eigenvalue weighted by molar-refractivity contribution is -0.121. The third kappa shape index (κ3) is 5.06. The molecule has 1 atom stereocenters. The molecule has 5 heteroatoms. The van der Waals surface area contributed by atoms with Crippen molar-refractivity contribution in [3.05, 3.63) is 88.6 Å². The molecule has 1 heterocycles. The van der Waals surface area contributed by atoms with Gasteiger partial charge in [0.15, 0.2) is 0 Å².